The van der Waals surface area contributed by atoms with E-state index in [2.05, 4.69) is 11.9 Å². The highest BCUT2D eigenvalue weighted by atomic mass is 19.1. The number of carbonyl (C=O) groups excluding carboxylic acids is 1. The quantitative estimate of drug-likeness (QED) is 0.803. The van der Waals surface area contributed by atoms with Crippen molar-refractivity contribution in [2.75, 3.05) is 20.2 Å². The largest absolute Gasteiger partial charge is 0.491 e. The molecule has 1 aromatic rings. The molecule has 0 heterocycles. The van der Waals surface area contributed by atoms with Gasteiger partial charge in [0.15, 0.2) is 0 Å². The lowest BCUT2D eigenvalue weighted by Gasteiger charge is -2.20. The van der Waals surface area contributed by atoms with Gasteiger partial charge in [0.2, 0.25) is 0 Å². The summed E-state index contributed by atoms with van der Waals surface area (Å²) >= 11 is 0. The fourth-order valence-corrected chi connectivity index (χ4v) is 1.39. The van der Waals surface area contributed by atoms with E-state index in [1.54, 1.807) is 25.3 Å². The Morgan fingerprint density at radius 1 is 1.53 bits per heavy atom. The number of carbonyl (C=O) groups is 1. The molecule has 104 valence electrons. The minimum atomic E-state index is -0.306. The summed E-state index contributed by atoms with van der Waals surface area (Å²) in [6.45, 7) is 6.21. The van der Waals surface area contributed by atoms with E-state index < -0.39 is 0 Å². The monoisotopic (exact) mass is 266 g/mol. The van der Waals surface area contributed by atoms with Crippen LogP contribution in [0.25, 0.3) is 0 Å². The standard InChI is InChI=1S/C14H19FN2O2/c1-4-9-17(3)14(18)16-11(2)10-19-13-7-5-12(15)6-8-13/h4-8,11H,1,9-10H2,2-3H3,(H,16,18)/t11-/m1/s1. The number of rotatable bonds is 6. The maximum Gasteiger partial charge on any atom is 0.317 e. The summed E-state index contributed by atoms with van der Waals surface area (Å²) in [5.41, 5.74) is 0. The van der Waals surface area contributed by atoms with Crippen molar-refractivity contribution in [1.29, 1.82) is 0 Å². The van der Waals surface area contributed by atoms with Crippen LogP contribution < -0.4 is 10.1 Å². The number of halogens is 1. The second-order valence-corrected chi connectivity index (χ2v) is 4.28. The first-order chi connectivity index (χ1) is 9.02. The van der Waals surface area contributed by atoms with Crippen LogP contribution in [-0.4, -0.2) is 37.2 Å². The molecule has 1 N–H and O–H groups in total. The Morgan fingerprint density at radius 3 is 2.74 bits per heavy atom. The Hall–Kier alpha value is -2.04. The van der Waals surface area contributed by atoms with Gasteiger partial charge in [0.1, 0.15) is 18.2 Å². The van der Waals surface area contributed by atoms with Crippen LogP contribution in [0.15, 0.2) is 36.9 Å². The first-order valence-electron chi connectivity index (χ1n) is 6.04. The molecule has 2 amide bonds. The first-order valence-corrected chi connectivity index (χ1v) is 6.04. The molecule has 0 saturated carbocycles. The van der Waals surface area contributed by atoms with Crippen molar-refractivity contribution in [2.24, 2.45) is 0 Å². The van der Waals surface area contributed by atoms with E-state index in [1.165, 1.54) is 17.0 Å². The molecular weight excluding hydrogens is 247 g/mol. The van der Waals surface area contributed by atoms with Gasteiger partial charge < -0.3 is 15.0 Å². The summed E-state index contributed by atoms with van der Waals surface area (Å²) < 4.78 is 18.1. The van der Waals surface area contributed by atoms with E-state index >= 15 is 0 Å². The highest BCUT2D eigenvalue weighted by Crippen LogP contribution is 2.11. The van der Waals surface area contributed by atoms with Crippen LogP contribution in [0.4, 0.5) is 9.18 Å². The Labute approximate surface area is 112 Å². The van der Waals surface area contributed by atoms with E-state index in [-0.39, 0.29) is 17.9 Å². The van der Waals surface area contributed by atoms with Gasteiger partial charge in [-0.1, -0.05) is 6.08 Å². The number of hydrogen-bond donors (Lipinski definition) is 1. The second kappa shape index (κ2) is 7.41. The lowest BCUT2D eigenvalue weighted by Crippen LogP contribution is -2.44. The van der Waals surface area contributed by atoms with Crippen LogP contribution in [0.5, 0.6) is 5.75 Å². The predicted octanol–water partition coefficient (Wildman–Crippen LogP) is 2.42. The highest BCUT2D eigenvalue weighted by molar-refractivity contribution is 5.74. The van der Waals surface area contributed by atoms with Gasteiger partial charge in [0, 0.05) is 13.6 Å². The third-order valence-corrected chi connectivity index (χ3v) is 2.43. The molecule has 0 bridgehead atoms. The van der Waals surface area contributed by atoms with Gasteiger partial charge in [0.25, 0.3) is 0 Å². The number of nitrogens with zero attached hydrogens (tertiary/aromatic N) is 1. The van der Waals surface area contributed by atoms with Crippen molar-refractivity contribution in [3.05, 3.63) is 42.7 Å². The summed E-state index contributed by atoms with van der Waals surface area (Å²) in [4.78, 5) is 13.2. The zero-order valence-corrected chi connectivity index (χ0v) is 11.2. The molecule has 0 radical (unpaired) electrons. The number of likely N-dealkylation sites (N-methyl/N-ethyl adjacent to an activating group) is 1. The first kappa shape index (κ1) is 15.0. The maximum atomic E-state index is 12.7. The van der Waals surface area contributed by atoms with E-state index in [9.17, 15) is 9.18 Å². The number of urea groups is 1. The van der Waals surface area contributed by atoms with Gasteiger partial charge in [-0.25, -0.2) is 9.18 Å². The Bertz CT molecular complexity index is 420. The van der Waals surface area contributed by atoms with Gasteiger partial charge in [-0.3, -0.25) is 0 Å². The lowest BCUT2D eigenvalue weighted by atomic mass is 10.3. The van der Waals surface area contributed by atoms with E-state index in [4.69, 9.17) is 4.74 Å². The fraction of sp³-hybridized carbons (Fsp3) is 0.357. The third-order valence-electron chi connectivity index (χ3n) is 2.43. The molecule has 19 heavy (non-hydrogen) atoms. The number of benzene rings is 1. The maximum absolute atomic E-state index is 12.7. The molecule has 0 aliphatic rings. The number of amides is 2. The van der Waals surface area contributed by atoms with Crippen LogP contribution >= 0.6 is 0 Å². The van der Waals surface area contributed by atoms with Gasteiger partial charge in [-0.15, -0.1) is 6.58 Å². The molecule has 0 fully saturated rings. The summed E-state index contributed by atoms with van der Waals surface area (Å²) in [5.74, 6) is 0.265. The van der Waals surface area contributed by atoms with Crippen molar-refractivity contribution in [2.45, 2.75) is 13.0 Å². The molecule has 5 heteroatoms. The zero-order valence-electron chi connectivity index (χ0n) is 11.2. The predicted molar refractivity (Wildman–Crippen MR) is 72.7 cm³/mol. The molecule has 0 unspecified atom stereocenters. The average Bonchev–Trinajstić information content (AvgIpc) is 2.38. The third kappa shape index (κ3) is 5.42. The summed E-state index contributed by atoms with van der Waals surface area (Å²) in [6, 6.07) is 5.42. The van der Waals surface area contributed by atoms with E-state index in [1.807, 2.05) is 6.92 Å². The van der Waals surface area contributed by atoms with Gasteiger partial charge in [-0.2, -0.15) is 0 Å². The average molecular weight is 266 g/mol. The van der Waals surface area contributed by atoms with Gasteiger partial charge >= 0.3 is 6.03 Å². The summed E-state index contributed by atoms with van der Waals surface area (Å²) in [7, 11) is 1.69. The van der Waals surface area contributed by atoms with Crippen molar-refractivity contribution in [3.63, 3.8) is 0 Å². The molecule has 4 nitrogen and oxygen atoms in total. The summed E-state index contributed by atoms with van der Waals surface area (Å²) in [5, 5.41) is 2.79. The Kier molecular flexibility index (Phi) is 5.85. The smallest absolute Gasteiger partial charge is 0.317 e. The van der Waals surface area contributed by atoms with Crippen LogP contribution in [0.1, 0.15) is 6.92 Å². The van der Waals surface area contributed by atoms with Crippen LogP contribution in [-0.2, 0) is 0 Å². The highest BCUT2D eigenvalue weighted by Gasteiger charge is 2.11. The van der Waals surface area contributed by atoms with Crippen molar-refractivity contribution >= 4 is 6.03 Å². The van der Waals surface area contributed by atoms with Gasteiger partial charge in [-0.05, 0) is 31.2 Å². The molecule has 0 aromatic heterocycles. The van der Waals surface area contributed by atoms with Crippen LogP contribution in [0.2, 0.25) is 0 Å². The van der Waals surface area contributed by atoms with Crippen molar-refractivity contribution in [1.82, 2.24) is 10.2 Å². The summed E-state index contributed by atoms with van der Waals surface area (Å²) in [6.07, 6.45) is 1.65. The lowest BCUT2D eigenvalue weighted by molar-refractivity contribution is 0.201. The van der Waals surface area contributed by atoms with Crippen molar-refractivity contribution < 1.29 is 13.9 Å². The van der Waals surface area contributed by atoms with E-state index in [0.717, 1.165) is 0 Å². The van der Waals surface area contributed by atoms with Crippen molar-refractivity contribution in [3.8, 4) is 5.75 Å². The van der Waals surface area contributed by atoms with Gasteiger partial charge in [0.05, 0.1) is 6.04 Å². The fourth-order valence-electron chi connectivity index (χ4n) is 1.39. The van der Waals surface area contributed by atoms with Crippen LogP contribution in [0.3, 0.4) is 0 Å². The van der Waals surface area contributed by atoms with E-state index in [0.29, 0.717) is 18.9 Å². The molecular formula is C14H19FN2O2. The molecule has 1 atom stereocenters. The molecule has 0 saturated heterocycles. The number of ether oxygens (including phenoxy) is 1. The topological polar surface area (TPSA) is 41.6 Å². The zero-order chi connectivity index (χ0) is 14.3. The SMILES string of the molecule is C=CCN(C)C(=O)N[C@H](C)COc1ccc(F)cc1. The minimum absolute atomic E-state index is 0.148. The minimum Gasteiger partial charge on any atom is -0.491 e. The number of hydrogen-bond acceptors (Lipinski definition) is 2. The number of nitrogens with one attached hydrogen (secondary N) is 1. The Morgan fingerprint density at radius 2 is 2.16 bits per heavy atom. The molecule has 1 aromatic carbocycles. The molecule has 0 aliphatic heterocycles. The molecule has 1 rings (SSSR count). The molecule has 0 aliphatic carbocycles. The van der Waals surface area contributed by atoms with Crippen LogP contribution in [0, 0.1) is 5.82 Å². The Balaban J connectivity index is 2.35. The second-order valence-electron chi connectivity index (χ2n) is 4.28. The normalized spacial score (nSPS) is 11.5. The molecule has 0 spiro atoms.